The van der Waals surface area contributed by atoms with Gasteiger partial charge in [-0.2, -0.15) is 0 Å². The molecule has 0 spiro atoms. The lowest BCUT2D eigenvalue weighted by molar-refractivity contribution is 0.145. The Bertz CT molecular complexity index is 445. The van der Waals surface area contributed by atoms with Crippen LogP contribution < -0.4 is 10.4 Å². The molecular formula is C16H20O2Si. The number of benzene rings is 2. The predicted molar refractivity (Wildman–Crippen MR) is 81.6 cm³/mol. The molecule has 0 bridgehead atoms. The molecule has 0 aliphatic heterocycles. The average molecular weight is 272 g/mol. The van der Waals surface area contributed by atoms with Crippen LogP contribution in [0.15, 0.2) is 60.7 Å². The van der Waals surface area contributed by atoms with Crippen molar-refractivity contribution in [2.45, 2.75) is 6.55 Å². The van der Waals surface area contributed by atoms with E-state index in [1.165, 1.54) is 10.4 Å². The van der Waals surface area contributed by atoms with E-state index in [1.54, 1.807) is 7.11 Å². The molecule has 0 atom stereocenters. The van der Waals surface area contributed by atoms with Gasteiger partial charge in [-0.05, 0) is 16.9 Å². The van der Waals surface area contributed by atoms with Gasteiger partial charge in [-0.15, -0.1) is 0 Å². The van der Waals surface area contributed by atoms with Crippen molar-refractivity contribution in [1.29, 1.82) is 0 Å². The molecule has 0 aliphatic rings. The third kappa shape index (κ3) is 3.32. The van der Waals surface area contributed by atoms with Gasteiger partial charge in [-0.1, -0.05) is 60.7 Å². The lowest BCUT2D eigenvalue weighted by Crippen LogP contribution is -2.58. The zero-order chi connectivity index (χ0) is 13.6. The minimum atomic E-state index is -2.12. The van der Waals surface area contributed by atoms with Gasteiger partial charge in [0, 0.05) is 7.11 Å². The van der Waals surface area contributed by atoms with Crippen LogP contribution in [0.4, 0.5) is 0 Å². The van der Waals surface area contributed by atoms with E-state index in [0.29, 0.717) is 13.2 Å². The fourth-order valence-corrected chi connectivity index (χ4v) is 4.99. The highest BCUT2D eigenvalue weighted by Gasteiger charge is 2.33. The maximum absolute atomic E-state index is 6.26. The van der Waals surface area contributed by atoms with Crippen molar-refractivity contribution in [2.24, 2.45) is 0 Å². The Morgan fingerprint density at radius 2 is 1.26 bits per heavy atom. The van der Waals surface area contributed by atoms with E-state index in [2.05, 4.69) is 55.1 Å². The molecule has 0 unspecified atom stereocenters. The summed E-state index contributed by atoms with van der Waals surface area (Å²) in [6, 6.07) is 21.0. The summed E-state index contributed by atoms with van der Waals surface area (Å²) in [6.07, 6.45) is 0. The number of methoxy groups -OCH3 is 1. The Labute approximate surface area is 116 Å². The summed E-state index contributed by atoms with van der Waals surface area (Å²) < 4.78 is 11.4. The standard InChI is InChI=1S/C16H20O2Si/c1-17-13-14-18-19(2,15-9-5-3-6-10-15)16-11-7-4-8-12-16/h3-12H,13-14H2,1-2H3. The van der Waals surface area contributed by atoms with Crippen LogP contribution in [0.25, 0.3) is 0 Å². The second-order valence-corrected chi connectivity index (χ2v) is 8.12. The van der Waals surface area contributed by atoms with E-state index in [4.69, 9.17) is 9.16 Å². The van der Waals surface area contributed by atoms with Gasteiger partial charge in [0.05, 0.1) is 13.2 Å². The van der Waals surface area contributed by atoms with E-state index in [9.17, 15) is 0 Å². The molecule has 0 saturated carbocycles. The summed E-state index contributed by atoms with van der Waals surface area (Å²) in [4.78, 5) is 0. The number of hydrogen-bond donors (Lipinski definition) is 0. The number of ether oxygens (including phenoxy) is 1. The smallest absolute Gasteiger partial charge is 0.252 e. The van der Waals surface area contributed by atoms with Gasteiger partial charge in [0.2, 0.25) is 0 Å². The average Bonchev–Trinajstić information content (AvgIpc) is 2.49. The molecule has 0 fully saturated rings. The first-order chi connectivity index (χ1) is 9.27. The van der Waals surface area contributed by atoms with Crippen molar-refractivity contribution in [2.75, 3.05) is 20.3 Å². The molecule has 2 nitrogen and oxygen atoms in total. The Balaban J connectivity index is 2.33. The highest BCUT2D eigenvalue weighted by Crippen LogP contribution is 2.07. The fourth-order valence-electron chi connectivity index (χ4n) is 2.17. The number of hydrogen-bond acceptors (Lipinski definition) is 2. The molecule has 0 saturated heterocycles. The Kier molecular flexibility index (Phi) is 4.91. The van der Waals surface area contributed by atoms with E-state index in [0.717, 1.165) is 0 Å². The molecule has 3 heteroatoms. The topological polar surface area (TPSA) is 18.5 Å². The molecule has 2 aromatic carbocycles. The van der Waals surface area contributed by atoms with Crippen LogP contribution in [-0.2, 0) is 9.16 Å². The van der Waals surface area contributed by atoms with Crippen molar-refractivity contribution in [3.8, 4) is 0 Å². The monoisotopic (exact) mass is 272 g/mol. The first kappa shape index (κ1) is 14.0. The third-order valence-corrected chi connectivity index (χ3v) is 6.98. The maximum atomic E-state index is 6.26. The molecule has 0 heterocycles. The van der Waals surface area contributed by atoms with E-state index in [-0.39, 0.29) is 0 Å². The normalized spacial score (nSPS) is 11.5. The summed E-state index contributed by atoms with van der Waals surface area (Å²) in [5, 5.41) is 2.58. The van der Waals surface area contributed by atoms with Gasteiger partial charge >= 0.3 is 0 Å². The van der Waals surface area contributed by atoms with Gasteiger partial charge in [0.1, 0.15) is 0 Å². The zero-order valence-electron chi connectivity index (χ0n) is 11.5. The Morgan fingerprint density at radius 3 is 1.68 bits per heavy atom. The van der Waals surface area contributed by atoms with Crippen LogP contribution in [0.2, 0.25) is 6.55 Å². The van der Waals surface area contributed by atoms with Crippen LogP contribution in [-0.4, -0.2) is 28.6 Å². The summed E-state index contributed by atoms with van der Waals surface area (Å²) in [6.45, 7) is 3.50. The van der Waals surface area contributed by atoms with Crippen molar-refractivity contribution in [3.05, 3.63) is 60.7 Å². The van der Waals surface area contributed by atoms with E-state index < -0.39 is 8.32 Å². The van der Waals surface area contributed by atoms with Crippen LogP contribution in [0, 0.1) is 0 Å². The van der Waals surface area contributed by atoms with Gasteiger partial charge in [-0.3, -0.25) is 0 Å². The summed E-state index contributed by atoms with van der Waals surface area (Å²) in [5.74, 6) is 0. The van der Waals surface area contributed by atoms with Crippen molar-refractivity contribution < 1.29 is 9.16 Å². The first-order valence-electron chi connectivity index (χ1n) is 6.51. The third-order valence-electron chi connectivity index (χ3n) is 3.33. The highest BCUT2D eigenvalue weighted by atomic mass is 28.4. The molecular weight excluding hydrogens is 252 g/mol. The fraction of sp³-hybridized carbons (Fsp3) is 0.250. The summed E-state index contributed by atoms with van der Waals surface area (Å²) >= 11 is 0. The van der Waals surface area contributed by atoms with Crippen LogP contribution in [0.1, 0.15) is 0 Å². The SMILES string of the molecule is COCCO[Si](C)(c1ccccc1)c1ccccc1. The second kappa shape index (κ2) is 6.66. The van der Waals surface area contributed by atoms with Gasteiger partial charge in [0.25, 0.3) is 8.32 Å². The Morgan fingerprint density at radius 1 is 0.789 bits per heavy atom. The minimum absolute atomic E-state index is 0.627. The van der Waals surface area contributed by atoms with Gasteiger partial charge < -0.3 is 9.16 Å². The van der Waals surface area contributed by atoms with Crippen LogP contribution in [0.5, 0.6) is 0 Å². The zero-order valence-corrected chi connectivity index (χ0v) is 12.5. The lowest BCUT2D eigenvalue weighted by Gasteiger charge is -2.28. The molecule has 2 aromatic rings. The summed E-state index contributed by atoms with van der Waals surface area (Å²) in [7, 11) is -0.417. The second-order valence-electron chi connectivity index (χ2n) is 4.61. The van der Waals surface area contributed by atoms with Crippen LogP contribution in [0.3, 0.4) is 0 Å². The molecule has 100 valence electrons. The highest BCUT2D eigenvalue weighted by molar-refractivity contribution is 6.96. The van der Waals surface area contributed by atoms with Gasteiger partial charge in [-0.25, -0.2) is 0 Å². The maximum Gasteiger partial charge on any atom is 0.252 e. The molecule has 0 N–H and O–H groups in total. The largest absolute Gasteiger partial charge is 0.406 e. The number of rotatable bonds is 6. The molecule has 0 aromatic heterocycles. The van der Waals surface area contributed by atoms with E-state index >= 15 is 0 Å². The minimum Gasteiger partial charge on any atom is -0.406 e. The molecule has 0 radical (unpaired) electrons. The van der Waals surface area contributed by atoms with E-state index in [1.807, 2.05) is 12.1 Å². The quantitative estimate of drug-likeness (QED) is 0.592. The molecule has 2 rings (SSSR count). The van der Waals surface area contributed by atoms with Crippen LogP contribution >= 0.6 is 0 Å². The Hall–Kier alpha value is -1.42. The lowest BCUT2D eigenvalue weighted by atomic mass is 10.4. The molecule has 0 aliphatic carbocycles. The molecule has 0 amide bonds. The van der Waals surface area contributed by atoms with Gasteiger partial charge in [0.15, 0.2) is 0 Å². The van der Waals surface area contributed by atoms with Crippen molar-refractivity contribution in [3.63, 3.8) is 0 Å². The summed E-state index contributed by atoms with van der Waals surface area (Å²) in [5.41, 5.74) is 0. The van der Waals surface area contributed by atoms with Crippen molar-refractivity contribution >= 4 is 18.7 Å². The first-order valence-corrected chi connectivity index (χ1v) is 8.92. The predicted octanol–water partition coefficient (Wildman–Crippen LogP) is 2.04. The molecule has 19 heavy (non-hydrogen) atoms. The van der Waals surface area contributed by atoms with Crippen molar-refractivity contribution in [1.82, 2.24) is 0 Å².